The van der Waals surface area contributed by atoms with Crippen LogP contribution >= 0.6 is 15.9 Å². The maximum atomic E-state index is 10.3. The van der Waals surface area contributed by atoms with Crippen molar-refractivity contribution < 1.29 is 19.4 Å². The monoisotopic (exact) mass is 302 g/mol. The van der Waals surface area contributed by atoms with Crippen molar-refractivity contribution in [2.75, 3.05) is 13.7 Å². The quantitative estimate of drug-likeness (QED) is 0.786. The minimum Gasteiger partial charge on any atom is -0.493 e. The molecule has 94 valence electrons. The summed E-state index contributed by atoms with van der Waals surface area (Å²) in [6.07, 6.45) is 1.50. The van der Waals surface area contributed by atoms with Crippen molar-refractivity contribution in [1.82, 2.24) is 0 Å². The fourth-order valence-electron chi connectivity index (χ4n) is 1.34. The molecule has 1 rings (SSSR count). The molecule has 0 unspecified atom stereocenters. The molecule has 17 heavy (non-hydrogen) atoms. The van der Waals surface area contributed by atoms with E-state index in [1.165, 1.54) is 0 Å². The summed E-state index contributed by atoms with van der Waals surface area (Å²) in [5.74, 6) is 0.548. The van der Waals surface area contributed by atoms with Crippen LogP contribution in [-0.4, -0.2) is 24.8 Å². The third-order valence-corrected chi connectivity index (χ3v) is 2.81. The molecule has 0 spiro atoms. The lowest BCUT2D eigenvalue weighted by molar-refractivity contribution is -0.137. The molecule has 1 aromatic carbocycles. The number of carbonyl (C=O) groups is 1. The van der Waals surface area contributed by atoms with E-state index < -0.39 is 5.97 Å². The second-order valence-electron chi connectivity index (χ2n) is 3.47. The highest BCUT2D eigenvalue weighted by Crippen LogP contribution is 2.34. The third kappa shape index (κ3) is 4.65. The van der Waals surface area contributed by atoms with Crippen molar-refractivity contribution in [3.8, 4) is 11.5 Å². The first-order valence-electron chi connectivity index (χ1n) is 5.32. The molecule has 0 amide bonds. The van der Waals surface area contributed by atoms with Gasteiger partial charge in [0.05, 0.1) is 18.2 Å². The first kappa shape index (κ1) is 13.8. The molecule has 0 atom stereocenters. The number of halogens is 1. The number of carboxylic acids is 1. The summed E-state index contributed by atoms with van der Waals surface area (Å²) in [6.45, 7) is 0.478. The zero-order valence-corrected chi connectivity index (χ0v) is 11.2. The van der Waals surface area contributed by atoms with Gasteiger partial charge in [-0.2, -0.15) is 0 Å². The average Bonchev–Trinajstić information content (AvgIpc) is 2.30. The zero-order valence-electron chi connectivity index (χ0n) is 9.61. The number of methoxy groups -OCH3 is 1. The van der Waals surface area contributed by atoms with Crippen LogP contribution in [0.3, 0.4) is 0 Å². The molecule has 0 aromatic heterocycles. The lowest BCUT2D eigenvalue weighted by Gasteiger charge is -2.11. The van der Waals surface area contributed by atoms with E-state index in [9.17, 15) is 4.79 Å². The van der Waals surface area contributed by atoms with Gasteiger partial charge in [0.15, 0.2) is 11.5 Å². The van der Waals surface area contributed by atoms with E-state index in [0.29, 0.717) is 30.9 Å². The summed E-state index contributed by atoms with van der Waals surface area (Å²) < 4.78 is 11.6. The van der Waals surface area contributed by atoms with E-state index in [4.69, 9.17) is 14.6 Å². The highest BCUT2D eigenvalue weighted by molar-refractivity contribution is 9.10. The number of aliphatic carboxylic acids is 1. The predicted molar refractivity (Wildman–Crippen MR) is 67.7 cm³/mol. The Morgan fingerprint density at radius 1 is 1.41 bits per heavy atom. The van der Waals surface area contributed by atoms with E-state index in [-0.39, 0.29) is 6.42 Å². The smallest absolute Gasteiger partial charge is 0.303 e. The number of carboxylic acid groups (broad SMARTS) is 1. The van der Waals surface area contributed by atoms with Gasteiger partial charge >= 0.3 is 5.97 Å². The Morgan fingerprint density at radius 2 is 2.18 bits per heavy atom. The fourth-order valence-corrected chi connectivity index (χ4v) is 1.80. The van der Waals surface area contributed by atoms with Gasteiger partial charge in [-0.05, 0) is 40.9 Å². The van der Waals surface area contributed by atoms with Crippen LogP contribution in [0.1, 0.15) is 19.3 Å². The molecule has 0 saturated carbocycles. The fraction of sp³-hybridized carbons (Fsp3) is 0.417. The van der Waals surface area contributed by atoms with Gasteiger partial charge < -0.3 is 14.6 Å². The first-order valence-corrected chi connectivity index (χ1v) is 6.11. The molecule has 5 heteroatoms. The summed E-state index contributed by atoms with van der Waals surface area (Å²) in [5, 5.41) is 8.49. The van der Waals surface area contributed by atoms with Crippen molar-refractivity contribution in [3.63, 3.8) is 0 Å². The van der Waals surface area contributed by atoms with Crippen LogP contribution in [0.15, 0.2) is 22.7 Å². The Balaban J connectivity index is 2.43. The van der Waals surface area contributed by atoms with Crippen LogP contribution in [0.2, 0.25) is 0 Å². The van der Waals surface area contributed by atoms with Crippen LogP contribution in [0, 0.1) is 0 Å². The van der Waals surface area contributed by atoms with E-state index in [1.54, 1.807) is 7.11 Å². The normalized spacial score (nSPS) is 10.0. The summed E-state index contributed by atoms with van der Waals surface area (Å²) >= 11 is 3.38. The Bertz CT molecular complexity index is 379. The minimum absolute atomic E-state index is 0.177. The van der Waals surface area contributed by atoms with Gasteiger partial charge in [0.25, 0.3) is 0 Å². The summed E-state index contributed by atoms with van der Waals surface area (Å²) in [5.41, 5.74) is 0. The number of benzene rings is 1. The molecule has 4 nitrogen and oxygen atoms in total. The van der Waals surface area contributed by atoms with E-state index >= 15 is 0 Å². The van der Waals surface area contributed by atoms with Crippen molar-refractivity contribution in [3.05, 3.63) is 22.7 Å². The SMILES string of the molecule is COc1cccc(Br)c1OCCCCC(=O)O. The van der Waals surface area contributed by atoms with Crippen molar-refractivity contribution >= 4 is 21.9 Å². The number of unbranched alkanes of at least 4 members (excludes halogenated alkanes) is 1. The van der Waals surface area contributed by atoms with Crippen LogP contribution in [-0.2, 0) is 4.79 Å². The molecule has 0 radical (unpaired) electrons. The number of hydrogen-bond acceptors (Lipinski definition) is 3. The lowest BCUT2D eigenvalue weighted by atomic mass is 10.2. The zero-order chi connectivity index (χ0) is 12.7. The topological polar surface area (TPSA) is 55.8 Å². The summed E-state index contributed by atoms with van der Waals surface area (Å²) in [6, 6.07) is 5.55. The minimum atomic E-state index is -0.775. The van der Waals surface area contributed by atoms with Crippen molar-refractivity contribution in [2.24, 2.45) is 0 Å². The molecule has 0 saturated heterocycles. The Hall–Kier alpha value is -1.23. The molecule has 0 bridgehead atoms. The summed E-state index contributed by atoms with van der Waals surface area (Å²) in [4.78, 5) is 10.3. The van der Waals surface area contributed by atoms with Gasteiger partial charge in [-0.1, -0.05) is 6.07 Å². The van der Waals surface area contributed by atoms with Crippen LogP contribution in [0.5, 0.6) is 11.5 Å². The van der Waals surface area contributed by atoms with Gasteiger partial charge in [0.2, 0.25) is 0 Å². The highest BCUT2D eigenvalue weighted by Gasteiger charge is 2.08. The Morgan fingerprint density at radius 3 is 2.82 bits per heavy atom. The highest BCUT2D eigenvalue weighted by atomic mass is 79.9. The third-order valence-electron chi connectivity index (χ3n) is 2.18. The van der Waals surface area contributed by atoms with E-state index in [2.05, 4.69) is 15.9 Å². The lowest BCUT2D eigenvalue weighted by Crippen LogP contribution is -2.02. The summed E-state index contributed by atoms with van der Waals surface area (Å²) in [7, 11) is 1.58. The molecule has 1 N–H and O–H groups in total. The largest absolute Gasteiger partial charge is 0.493 e. The Labute approximate surface area is 109 Å². The number of rotatable bonds is 7. The van der Waals surface area contributed by atoms with Crippen LogP contribution in [0.25, 0.3) is 0 Å². The second-order valence-corrected chi connectivity index (χ2v) is 4.32. The van der Waals surface area contributed by atoms with Gasteiger partial charge in [0.1, 0.15) is 0 Å². The average molecular weight is 303 g/mol. The molecular formula is C12H15BrO4. The standard InChI is InChI=1S/C12H15BrO4/c1-16-10-6-4-5-9(13)12(10)17-8-3-2-7-11(14)15/h4-6H,2-3,7-8H2,1H3,(H,14,15). The first-order chi connectivity index (χ1) is 8.15. The predicted octanol–water partition coefficient (Wildman–Crippen LogP) is 3.09. The number of para-hydroxylation sites is 1. The maximum absolute atomic E-state index is 10.3. The Kier molecular flexibility index (Phi) is 5.83. The molecule has 0 heterocycles. The van der Waals surface area contributed by atoms with Crippen molar-refractivity contribution in [2.45, 2.75) is 19.3 Å². The number of ether oxygens (including phenoxy) is 2. The van der Waals surface area contributed by atoms with E-state index in [1.807, 2.05) is 18.2 Å². The van der Waals surface area contributed by atoms with E-state index in [0.717, 1.165) is 4.47 Å². The van der Waals surface area contributed by atoms with Crippen molar-refractivity contribution in [1.29, 1.82) is 0 Å². The van der Waals surface area contributed by atoms with Gasteiger partial charge in [-0.15, -0.1) is 0 Å². The molecule has 0 fully saturated rings. The van der Waals surface area contributed by atoms with Gasteiger partial charge in [-0.25, -0.2) is 0 Å². The number of hydrogen-bond donors (Lipinski definition) is 1. The molecular weight excluding hydrogens is 288 g/mol. The molecule has 0 aliphatic rings. The van der Waals surface area contributed by atoms with Crippen LogP contribution in [0.4, 0.5) is 0 Å². The molecule has 0 aliphatic carbocycles. The maximum Gasteiger partial charge on any atom is 0.303 e. The van der Waals surface area contributed by atoms with Gasteiger partial charge in [0, 0.05) is 6.42 Å². The van der Waals surface area contributed by atoms with Crippen LogP contribution < -0.4 is 9.47 Å². The molecule has 0 aliphatic heterocycles. The second kappa shape index (κ2) is 7.17. The van der Waals surface area contributed by atoms with Gasteiger partial charge in [-0.3, -0.25) is 4.79 Å². The molecule has 1 aromatic rings.